The number of nitrogens with two attached hydrogens (primary N) is 1. The van der Waals surface area contributed by atoms with E-state index in [1.165, 1.54) is 6.92 Å². The summed E-state index contributed by atoms with van der Waals surface area (Å²) in [4.78, 5) is 11.1. The number of alkyl halides is 3. The van der Waals surface area contributed by atoms with Crippen LogP contribution < -0.4 is 5.73 Å². The molecule has 0 aliphatic heterocycles. The van der Waals surface area contributed by atoms with Crippen LogP contribution in [0.2, 0.25) is 0 Å². The summed E-state index contributed by atoms with van der Waals surface area (Å²) >= 11 is 0. The molecule has 1 aromatic rings. The summed E-state index contributed by atoms with van der Waals surface area (Å²) < 4.78 is 39.7. The number of carbonyl (C=O) groups excluding carboxylic acids is 1. The van der Waals surface area contributed by atoms with Gasteiger partial charge < -0.3 is 5.73 Å². The zero-order valence-electron chi connectivity index (χ0n) is 9.92. The van der Waals surface area contributed by atoms with Crippen molar-refractivity contribution in [2.75, 3.05) is 0 Å². The second kappa shape index (κ2) is 4.29. The fourth-order valence-electron chi connectivity index (χ4n) is 2.29. The number of aromatic nitrogens is 2. The molecule has 1 aliphatic rings. The highest BCUT2D eigenvalue weighted by Crippen LogP contribution is 2.36. The highest BCUT2D eigenvalue weighted by Gasteiger charge is 2.40. The Bertz CT molecular complexity index is 479. The van der Waals surface area contributed by atoms with E-state index in [9.17, 15) is 18.0 Å². The maximum absolute atomic E-state index is 12.9. The molecule has 18 heavy (non-hydrogen) atoms. The molecular weight excluding hydrogens is 247 g/mol. The van der Waals surface area contributed by atoms with Crippen LogP contribution in [0.3, 0.4) is 0 Å². The SMILES string of the molecule is CC(C(N)=O)n1nc(C(F)(F)F)c2c1CCCC2. The zero-order chi connectivity index (χ0) is 13.5. The Morgan fingerprint density at radius 2 is 2.00 bits per heavy atom. The first-order chi connectivity index (χ1) is 8.32. The van der Waals surface area contributed by atoms with Gasteiger partial charge in [0.15, 0.2) is 5.69 Å². The van der Waals surface area contributed by atoms with Gasteiger partial charge in [-0.3, -0.25) is 9.48 Å². The normalized spacial score (nSPS) is 17.3. The first-order valence-electron chi connectivity index (χ1n) is 5.79. The second-order valence-corrected chi connectivity index (χ2v) is 4.50. The zero-order valence-corrected chi connectivity index (χ0v) is 9.92. The molecule has 1 atom stereocenters. The number of fused-ring (bicyclic) bond motifs is 1. The molecular formula is C11H14F3N3O. The lowest BCUT2D eigenvalue weighted by molar-refractivity contribution is -0.142. The van der Waals surface area contributed by atoms with Gasteiger partial charge in [0, 0.05) is 11.3 Å². The van der Waals surface area contributed by atoms with E-state index in [4.69, 9.17) is 5.73 Å². The van der Waals surface area contributed by atoms with E-state index in [-0.39, 0.29) is 5.56 Å². The minimum atomic E-state index is -4.48. The van der Waals surface area contributed by atoms with E-state index in [0.29, 0.717) is 25.0 Å². The Morgan fingerprint density at radius 3 is 2.56 bits per heavy atom. The monoisotopic (exact) mass is 261 g/mol. The maximum atomic E-state index is 12.9. The van der Waals surface area contributed by atoms with Crippen LogP contribution in [0.1, 0.15) is 42.8 Å². The Hall–Kier alpha value is -1.53. The topological polar surface area (TPSA) is 60.9 Å². The van der Waals surface area contributed by atoms with Crippen molar-refractivity contribution in [3.8, 4) is 0 Å². The highest BCUT2D eigenvalue weighted by atomic mass is 19.4. The van der Waals surface area contributed by atoms with Crippen molar-refractivity contribution in [2.24, 2.45) is 5.73 Å². The molecule has 100 valence electrons. The van der Waals surface area contributed by atoms with E-state index in [0.717, 1.165) is 11.1 Å². The fraction of sp³-hybridized carbons (Fsp3) is 0.636. The summed E-state index contributed by atoms with van der Waals surface area (Å²) in [6.07, 6.45) is -2.09. The van der Waals surface area contributed by atoms with Crippen LogP contribution in [0.4, 0.5) is 13.2 Å². The smallest absolute Gasteiger partial charge is 0.368 e. The third kappa shape index (κ3) is 2.09. The minimum Gasteiger partial charge on any atom is -0.368 e. The number of primary amides is 1. The summed E-state index contributed by atoms with van der Waals surface area (Å²) in [6.45, 7) is 1.46. The molecule has 0 bridgehead atoms. The number of rotatable bonds is 2. The van der Waals surface area contributed by atoms with E-state index in [1.807, 2.05) is 0 Å². The molecule has 7 heteroatoms. The lowest BCUT2D eigenvalue weighted by Crippen LogP contribution is -2.26. The molecule has 0 fully saturated rings. The predicted octanol–water partition coefficient (Wildman–Crippen LogP) is 1.83. The lowest BCUT2D eigenvalue weighted by atomic mass is 9.95. The van der Waals surface area contributed by atoms with Gasteiger partial charge in [0.1, 0.15) is 6.04 Å². The predicted molar refractivity (Wildman–Crippen MR) is 57.8 cm³/mol. The number of nitrogens with zero attached hydrogens (tertiary/aromatic N) is 2. The van der Waals surface area contributed by atoms with Crippen molar-refractivity contribution in [3.05, 3.63) is 17.0 Å². The molecule has 0 radical (unpaired) electrons. The Kier molecular flexibility index (Phi) is 3.08. The molecule has 4 nitrogen and oxygen atoms in total. The van der Waals surface area contributed by atoms with Crippen LogP contribution in [0.15, 0.2) is 0 Å². The van der Waals surface area contributed by atoms with Gasteiger partial charge in [0.2, 0.25) is 5.91 Å². The van der Waals surface area contributed by atoms with Crippen molar-refractivity contribution in [1.82, 2.24) is 9.78 Å². The van der Waals surface area contributed by atoms with Gasteiger partial charge in [-0.2, -0.15) is 18.3 Å². The first kappa shape index (κ1) is 12.9. The van der Waals surface area contributed by atoms with Gasteiger partial charge in [-0.05, 0) is 32.6 Å². The van der Waals surface area contributed by atoms with E-state index >= 15 is 0 Å². The molecule has 0 saturated heterocycles. The van der Waals surface area contributed by atoms with Crippen molar-refractivity contribution in [1.29, 1.82) is 0 Å². The summed E-state index contributed by atoms with van der Waals surface area (Å²) in [5.41, 5.74) is 4.99. The van der Waals surface area contributed by atoms with E-state index in [1.54, 1.807) is 0 Å². The average molecular weight is 261 g/mol. The fourth-order valence-corrected chi connectivity index (χ4v) is 2.29. The van der Waals surface area contributed by atoms with Gasteiger partial charge in [0.25, 0.3) is 0 Å². The Morgan fingerprint density at radius 1 is 1.39 bits per heavy atom. The van der Waals surface area contributed by atoms with Crippen LogP contribution in [0.25, 0.3) is 0 Å². The molecule has 2 N–H and O–H groups in total. The van der Waals surface area contributed by atoms with Crippen LogP contribution in [0.5, 0.6) is 0 Å². The molecule has 1 amide bonds. The molecule has 0 saturated carbocycles. The second-order valence-electron chi connectivity index (χ2n) is 4.50. The van der Waals surface area contributed by atoms with Crippen molar-refractivity contribution in [2.45, 2.75) is 44.8 Å². The molecule has 1 unspecified atom stereocenters. The van der Waals surface area contributed by atoms with Crippen molar-refractivity contribution in [3.63, 3.8) is 0 Å². The van der Waals surface area contributed by atoms with Gasteiger partial charge in [-0.25, -0.2) is 0 Å². The standard InChI is InChI=1S/C11H14F3N3O/c1-6(10(15)18)17-8-5-3-2-4-7(8)9(16-17)11(12,13)14/h6H,2-5H2,1H3,(H2,15,18). The molecule has 2 rings (SSSR count). The van der Waals surface area contributed by atoms with Crippen LogP contribution in [-0.2, 0) is 23.8 Å². The van der Waals surface area contributed by atoms with Gasteiger partial charge in [-0.1, -0.05) is 0 Å². The van der Waals surface area contributed by atoms with Crippen LogP contribution >= 0.6 is 0 Å². The first-order valence-corrected chi connectivity index (χ1v) is 5.79. The number of hydrogen-bond donors (Lipinski definition) is 1. The van der Waals surface area contributed by atoms with Crippen LogP contribution in [0, 0.1) is 0 Å². The van der Waals surface area contributed by atoms with Gasteiger partial charge in [-0.15, -0.1) is 0 Å². The average Bonchev–Trinajstić information content (AvgIpc) is 2.66. The number of amides is 1. The number of hydrogen-bond acceptors (Lipinski definition) is 2. The Labute approximate surface area is 102 Å². The van der Waals surface area contributed by atoms with Crippen molar-refractivity contribution >= 4 is 5.91 Å². The van der Waals surface area contributed by atoms with Crippen LogP contribution in [-0.4, -0.2) is 15.7 Å². The summed E-state index contributed by atoms with van der Waals surface area (Å²) in [5, 5.41) is 3.58. The minimum absolute atomic E-state index is 0.224. The molecule has 0 spiro atoms. The number of halogens is 3. The summed E-state index contributed by atoms with van der Waals surface area (Å²) in [6, 6.07) is -0.854. The lowest BCUT2D eigenvalue weighted by Gasteiger charge is -2.16. The number of carbonyl (C=O) groups is 1. The Balaban J connectivity index is 2.55. The quantitative estimate of drug-likeness (QED) is 0.882. The molecule has 1 heterocycles. The van der Waals surface area contributed by atoms with Gasteiger partial charge in [0.05, 0.1) is 0 Å². The molecule has 1 aromatic heterocycles. The summed E-state index contributed by atoms with van der Waals surface area (Å²) in [5.74, 6) is -0.681. The largest absolute Gasteiger partial charge is 0.435 e. The van der Waals surface area contributed by atoms with E-state index < -0.39 is 23.8 Å². The third-order valence-corrected chi connectivity index (χ3v) is 3.26. The van der Waals surface area contributed by atoms with Gasteiger partial charge >= 0.3 is 6.18 Å². The summed E-state index contributed by atoms with van der Waals surface area (Å²) in [7, 11) is 0. The van der Waals surface area contributed by atoms with E-state index in [2.05, 4.69) is 5.10 Å². The maximum Gasteiger partial charge on any atom is 0.435 e. The molecule has 1 aliphatic carbocycles. The third-order valence-electron chi connectivity index (χ3n) is 3.26. The highest BCUT2D eigenvalue weighted by molar-refractivity contribution is 5.77. The van der Waals surface area contributed by atoms with Crippen molar-refractivity contribution < 1.29 is 18.0 Å². The molecule has 0 aromatic carbocycles.